The van der Waals surface area contributed by atoms with Crippen molar-refractivity contribution in [3.8, 4) is 11.1 Å². The lowest BCUT2D eigenvalue weighted by Crippen LogP contribution is -2.17. The summed E-state index contributed by atoms with van der Waals surface area (Å²) < 4.78 is 0. The minimum Gasteiger partial charge on any atom is -0.136 e. The van der Waals surface area contributed by atoms with Crippen LogP contribution in [0.2, 0.25) is 19.6 Å². The van der Waals surface area contributed by atoms with Crippen LogP contribution >= 0.6 is 22.2 Å². The van der Waals surface area contributed by atoms with E-state index in [4.69, 9.17) is 22.2 Å². The molecule has 0 N–H and O–H groups in total. The highest BCUT2D eigenvalue weighted by atomic mass is 35.7. The molecule has 0 amide bonds. The van der Waals surface area contributed by atoms with Gasteiger partial charge in [0.05, 0.1) is 0 Å². The van der Waals surface area contributed by atoms with Crippen LogP contribution in [0.15, 0.2) is 0 Å². The summed E-state index contributed by atoms with van der Waals surface area (Å²) in [5.74, 6) is 0. The Morgan fingerprint density at radius 1 is 1.22 bits per heavy atom. The molecule has 0 saturated carbocycles. The Hall–Kier alpha value is 0.574. The molecule has 0 heterocycles. The molecule has 0 aromatic rings. The topological polar surface area (TPSA) is 0 Å². The van der Waals surface area contributed by atoms with Gasteiger partial charge in [0.1, 0.15) is 8.07 Å². The first-order valence-electron chi connectivity index (χ1n) is 2.63. The van der Waals surface area contributed by atoms with E-state index < -0.39 is 15.5 Å². The maximum atomic E-state index is 5.50. The van der Waals surface area contributed by atoms with Crippen molar-refractivity contribution in [3.05, 3.63) is 0 Å². The molecule has 1 radical (unpaired) electrons. The van der Waals surface area contributed by atoms with Crippen molar-refractivity contribution in [1.82, 2.24) is 0 Å². The first kappa shape index (κ1) is 9.57. The van der Waals surface area contributed by atoms with Gasteiger partial charge in [0.2, 0.25) is 0 Å². The van der Waals surface area contributed by atoms with Gasteiger partial charge in [-0.1, -0.05) is 19.6 Å². The summed E-state index contributed by atoms with van der Waals surface area (Å²) in [4.78, 5) is 0. The van der Waals surface area contributed by atoms with Gasteiger partial charge in [-0.15, -0.1) is 33.2 Å². The van der Waals surface area contributed by atoms with E-state index in [1.54, 1.807) is 0 Å². The van der Waals surface area contributed by atoms with E-state index in [-0.39, 0.29) is 0 Å². The lowest BCUT2D eigenvalue weighted by Gasteiger charge is -2.02. The SMILES string of the molecule is C[Si](C)(C)C#C[Si](Cl)Cl. The van der Waals surface area contributed by atoms with Gasteiger partial charge in [-0.05, 0) is 0 Å². The molecule has 0 aromatic heterocycles. The number of halogens is 2. The molecule has 51 valence electrons. The van der Waals surface area contributed by atoms with Gasteiger partial charge in [0, 0.05) is 0 Å². The van der Waals surface area contributed by atoms with Gasteiger partial charge in [0.15, 0.2) is 0 Å². The van der Waals surface area contributed by atoms with Crippen molar-refractivity contribution in [3.63, 3.8) is 0 Å². The zero-order chi connectivity index (χ0) is 7.49. The highest BCUT2D eigenvalue weighted by Gasteiger charge is 2.08. The van der Waals surface area contributed by atoms with E-state index in [1.807, 2.05) is 0 Å². The van der Waals surface area contributed by atoms with Crippen molar-refractivity contribution in [2.45, 2.75) is 19.6 Å². The van der Waals surface area contributed by atoms with Crippen LogP contribution in [0.25, 0.3) is 0 Å². The minimum atomic E-state index is -1.35. The molecular formula is C5H9Cl2Si2. The smallest absolute Gasteiger partial charge is 0.136 e. The van der Waals surface area contributed by atoms with Crippen molar-refractivity contribution in [1.29, 1.82) is 0 Å². The lowest BCUT2D eigenvalue weighted by atomic mass is 11.4. The highest BCUT2D eigenvalue weighted by molar-refractivity contribution is 7.37. The zero-order valence-corrected chi connectivity index (χ0v) is 9.27. The summed E-state index contributed by atoms with van der Waals surface area (Å²) in [6, 6.07) is 0. The monoisotopic (exact) mass is 195 g/mol. The molecule has 0 spiro atoms. The van der Waals surface area contributed by atoms with Crippen molar-refractivity contribution in [2.24, 2.45) is 0 Å². The van der Waals surface area contributed by atoms with Crippen LogP contribution in [0, 0.1) is 11.1 Å². The van der Waals surface area contributed by atoms with Gasteiger partial charge >= 0.3 is 7.42 Å². The Labute approximate surface area is 68.6 Å². The van der Waals surface area contributed by atoms with Crippen LogP contribution in [0.3, 0.4) is 0 Å². The normalized spacial score (nSPS) is 10.9. The Morgan fingerprint density at radius 2 is 1.67 bits per heavy atom. The predicted molar refractivity (Wildman–Crippen MR) is 48.6 cm³/mol. The van der Waals surface area contributed by atoms with Gasteiger partial charge in [0.25, 0.3) is 0 Å². The van der Waals surface area contributed by atoms with Crippen LogP contribution in [0.4, 0.5) is 0 Å². The van der Waals surface area contributed by atoms with E-state index in [0.717, 1.165) is 0 Å². The van der Waals surface area contributed by atoms with E-state index in [9.17, 15) is 0 Å². The Kier molecular flexibility index (Phi) is 3.91. The van der Waals surface area contributed by atoms with Gasteiger partial charge in [-0.2, -0.15) is 0 Å². The molecule has 0 nitrogen and oxygen atoms in total. The second-order valence-electron chi connectivity index (χ2n) is 2.76. The average molecular weight is 196 g/mol. The molecule has 0 atom stereocenters. The lowest BCUT2D eigenvalue weighted by molar-refractivity contribution is 1.82. The van der Waals surface area contributed by atoms with E-state index in [0.29, 0.717) is 0 Å². The van der Waals surface area contributed by atoms with Crippen molar-refractivity contribution < 1.29 is 0 Å². The molecule has 0 fully saturated rings. The van der Waals surface area contributed by atoms with Crippen molar-refractivity contribution >= 4 is 37.6 Å². The summed E-state index contributed by atoms with van der Waals surface area (Å²) in [5.41, 5.74) is 5.92. The fraction of sp³-hybridized carbons (Fsp3) is 0.600. The molecule has 0 aliphatic carbocycles. The van der Waals surface area contributed by atoms with Gasteiger partial charge in [-0.3, -0.25) is 0 Å². The second kappa shape index (κ2) is 3.67. The Balaban J connectivity index is 3.88. The second-order valence-corrected chi connectivity index (χ2v) is 11.1. The summed E-state index contributed by atoms with van der Waals surface area (Å²) in [5, 5.41) is 0. The Morgan fingerprint density at radius 3 is 1.78 bits per heavy atom. The van der Waals surface area contributed by atoms with Gasteiger partial charge in [-0.25, -0.2) is 0 Å². The first-order chi connectivity index (χ1) is 3.92. The standard InChI is InChI=1S/C5H9Cl2Si2/c1-9(2,3)5-4-8(6)7/h1-3H3. The fourth-order valence-corrected chi connectivity index (χ4v) is 2.96. The average Bonchev–Trinajstić information content (AvgIpc) is 1.59. The maximum Gasteiger partial charge on any atom is 0.356 e. The molecule has 0 saturated heterocycles. The molecule has 0 aromatic carbocycles. The highest BCUT2D eigenvalue weighted by Crippen LogP contribution is 1.98. The maximum absolute atomic E-state index is 5.50. The number of rotatable bonds is 0. The summed E-state index contributed by atoms with van der Waals surface area (Å²) in [6.07, 6.45) is 0. The van der Waals surface area contributed by atoms with Crippen LogP contribution in [0.5, 0.6) is 0 Å². The molecule has 4 heteroatoms. The van der Waals surface area contributed by atoms with Crippen LogP contribution in [-0.4, -0.2) is 15.5 Å². The van der Waals surface area contributed by atoms with Crippen molar-refractivity contribution in [2.75, 3.05) is 0 Å². The quantitative estimate of drug-likeness (QED) is 0.317. The third kappa shape index (κ3) is 8.57. The molecular weight excluding hydrogens is 187 g/mol. The van der Waals surface area contributed by atoms with E-state index in [1.165, 1.54) is 0 Å². The van der Waals surface area contributed by atoms with Crippen LogP contribution < -0.4 is 0 Å². The van der Waals surface area contributed by atoms with E-state index in [2.05, 4.69) is 30.7 Å². The largest absolute Gasteiger partial charge is 0.356 e. The third-order valence-electron chi connectivity index (χ3n) is 0.532. The fourth-order valence-electron chi connectivity index (χ4n) is 0.235. The predicted octanol–water partition coefficient (Wildman–Crippen LogP) is 2.37. The van der Waals surface area contributed by atoms with Crippen LogP contribution in [-0.2, 0) is 0 Å². The number of hydrogen-bond donors (Lipinski definition) is 0. The Bertz CT molecular complexity index is 137. The summed E-state index contributed by atoms with van der Waals surface area (Å²) in [7, 11) is -2.57. The summed E-state index contributed by atoms with van der Waals surface area (Å²) in [6.45, 7) is 6.50. The third-order valence-corrected chi connectivity index (χ3v) is 2.54. The zero-order valence-electron chi connectivity index (χ0n) is 5.76. The van der Waals surface area contributed by atoms with Crippen LogP contribution in [0.1, 0.15) is 0 Å². The molecule has 0 bridgehead atoms. The molecule has 9 heavy (non-hydrogen) atoms. The van der Waals surface area contributed by atoms with E-state index >= 15 is 0 Å². The minimum absolute atomic E-state index is 1.22. The molecule has 0 rings (SSSR count). The molecule has 0 aliphatic heterocycles. The summed E-state index contributed by atoms with van der Waals surface area (Å²) >= 11 is 11.0. The van der Waals surface area contributed by atoms with Gasteiger partial charge < -0.3 is 0 Å². The first-order valence-corrected chi connectivity index (χ1v) is 9.65. The number of hydrogen-bond acceptors (Lipinski definition) is 0. The molecule has 0 aliphatic rings. The molecule has 0 unspecified atom stereocenters.